The molecule has 1 N–H and O–H groups in total. The van der Waals surface area contributed by atoms with E-state index >= 15 is 0 Å². The van der Waals surface area contributed by atoms with Crippen LogP contribution in [0, 0.1) is 19.8 Å². The minimum atomic E-state index is 0.0743. The van der Waals surface area contributed by atoms with Crippen LogP contribution in [-0.2, 0) is 6.42 Å². The summed E-state index contributed by atoms with van der Waals surface area (Å²) < 4.78 is 0. The number of aromatic amines is 1. The van der Waals surface area contributed by atoms with Gasteiger partial charge in [-0.05, 0) is 57.4 Å². The molecule has 1 unspecified atom stereocenters. The van der Waals surface area contributed by atoms with Crippen LogP contribution in [0.2, 0.25) is 0 Å². The van der Waals surface area contributed by atoms with Gasteiger partial charge in [-0.15, -0.1) is 0 Å². The molecule has 0 radical (unpaired) electrons. The van der Waals surface area contributed by atoms with Crippen molar-refractivity contribution >= 4 is 5.78 Å². The van der Waals surface area contributed by atoms with Crippen LogP contribution in [0.15, 0.2) is 24.4 Å². The van der Waals surface area contributed by atoms with Crippen LogP contribution in [0.1, 0.15) is 40.3 Å². The summed E-state index contributed by atoms with van der Waals surface area (Å²) in [7, 11) is 0. The summed E-state index contributed by atoms with van der Waals surface area (Å²) in [6.45, 7) is 7.00. The number of H-pyrrole nitrogens is 1. The monoisotopic (exact) mass is 312 g/mol. The average Bonchev–Trinajstić information content (AvgIpc) is 2.91. The van der Waals surface area contributed by atoms with Gasteiger partial charge in [-0.2, -0.15) is 5.10 Å². The molecule has 0 bridgehead atoms. The van der Waals surface area contributed by atoms with Gasteiger partial charge in [0.05, 0.1) is 5.69 Å². The van der Waals surface area contributed by atoms with Crippen molar-refractivity contribution in [3.63, 3.8) is 0 Å². The van der Waals surface area contributed by atoms with Crippen molar-refractivity contribution in [3.8, 4) is 0 Å². The third-order valence-electron chi connectivity index (χ3n) is 4.75. The first-order valence-corrected chi connectivity index (χ1v) is 8.33. The fraction of sp³-hybridized carbons (Fsp3) is 0.500. The topological polar surface area (TPSA) is 61.9 Å². The van der Waals surface area contributed by atoms with Crippen molar-refractivity contribution in [3.05, 3.63) is 47.0 Å². The molecule has 3 heterocycles. The molecular weight excluding hydrogens is 288 g/mol. The van der Waals surface area contributed by atoms with Gasteiger partial charge < -0.3 is 4.90 Å². The van der Waals surface area contributed by atoms with Crippen LogP contribution in [0.25, 0.3) is 0 Å². The summed E-state index contributed by atoms with van der Waals surface area (Å²) in [6.07, 6.45) is 4.72. The second-order valence-electron chi connectivity index (χ2n) is 6.38. The predicted octanol–water partition coefficient (Wildman–Crippen LogP) is 2.56. The Kier molecular flexibility index (Phi) is 4.86. The lowest BCUT2D eigenvalue weighted by Crippen LogP contribution is -2.40. The minimum absolute atomic E-state index is 0.0743. The van der Waals surface area contributed by atoms with Crippen LogP contribution in [0.4, 0.5) is 0 Å². The number of carbonyl (C=O) groups is 1. The molecule has 122 valence electrons. The Morgan fingerprint density at radius 2 is 2.26 bits per heavy atom. The zero-order valence-electron chi connectivity index (χ0n) is 13.9. The number of carbonyl (C=O) groups excluding carboxylic acids is 1. The Morgan fingerprint density at radius 3 is 2.96 bits per heavy atom. The van der Waals surface area contributed by atoms with Gasteiger partial charge in [0, 0.05) is 30.9 Å². The molecule has 23 heavy (non-hydrogen) atoms. The summed E-state index contributed by atoms with van der Waals surface area (Å²) in [5.41, 5.74) is 4.14. The van der Waals surface area contributed by atoms with Crippen molar-refractivity contribution in [2.24, 2.45) is 5.92 Å². The number of aromatic nitrogens is 3. The molecule has 1 atom stereocenters. The highest BCUT2D eigenvalue weighted by Gasteiger charge is 2.27. The van der Waals surface area contributed by atoms with Gasteiger partial charge in [-0.3, -0.25) is 14.9 Å². The van der Waals surface area contributed by atoms with E-state index in [1.165, 1.54) is 5.56 Å². The number of nitrogens with one attached hydrogen (secondary N) is 1. The number of pyridine rings is 1. The van der Waals surface area contributed by atoms with E-state index < -0.39 is 0 Å². The maximum Gasteiger partial charge on any atom is 0.185 e. The molecule has 0 saturated carbocycles. The number of aryl methyl sites for hydroxylation is 2. The Labute approximate surface area is 137 Å². The molecule has 0 amide bonds. The smallest absolute Gasteiger partial charge is 0.185 e. The van der Waals surface area contributed by atoms with E-state index in [2.05, 4.69) is 27.0 Å². The minimum Gasteiger partial charge on any atom is -0.302 e. The van der Waals surface area contributed by atoms with Crippen LogP contribution < -0.4 is 0 Å². The summed E-state index contributed by atoms with van der Waals surface area (Å²) in [5, 5.41) is 7.30. The number of rotatable bonds is 5. The number of likely N-dealkylation sites (tertiary alicyclic amines) is 1. The molecule has 1 saturated heterocycles. The average molecular weight is 312 g/mol. The third-order valence-corrected chi connectivity index (χ3v) is 4.75. The first-order valence-electron chi connectivity index (χ1n) is 8.33. The van der Waals surface area contributed by atoms with E-state index in [1.54, 1.807) is 6.20 Å². The van der Waals surface area contributed by atoms with Crippen molar-refractivity contribution in [1.29, 1.82) is 0 Å². The van der Waals surface area contributed by atoms with Crippen molar-refractivity contribution < 1.29 is 4.79 Å². The molecule has 0 aromatic carbocycles. The van der Waals surface area contributed by atoms with Crippen molar-refractivity contribution in [1.82, 2.24) is 20.1 Å². The fourth-order valence-corrected chi connectivity index (χ4v) is 3.40. The molecule has 2 aromatic heterocycles. The third kappa shape index (κ3) is 3.67. The maximum atomic E-state index is 12.6. The normalized spacial score (nSPS) is 19.0. The van der Waals surface area contributed by atoms with E-state index in [1.807, 2.05) is 25.1 Å². The van der Waals surface area contributed by atoms with Gasteiger partial charge in [0.1, 0.15) is 5.69 Å². The first kappa shape index (κ1) is 15.9. The standard InChI is InChI=1S/C18H24N4O/c1-13-16(14(2)21-20-13)8-11-22-10-5-6-15(12-22)18(23)17-7-3-4-9-19-17/h3-4,7,9,15H,5-6,8,10-12H2,1-2H3,(H,20,21). The number of ketones is 1. The largest absolute Gasteiger partial charge is 0.302 e. The summed E-state index contributed by atoms with van der Waals surface area (Å²) in [5.74, 6) is 0.260. The number of piperidine rings is 1. The number of hydrogen-bond acceptors (Lipinski definition) is 4. The lowest BCUT2D eigenvalue weighted by atomic mass is 9.91. The molecule has 2 aromatic rings. The molecule has 5 heteroatoms. The van der Waals surface area contributed by atoms with Gasteiger partial charge >= 0.3 is 0 Å². The van der Waals surface area contributed by atoms with E-state index in [4.69, 9.17) is 0 Å². The molecule has 1 aliphatic heterocycles. The second-order valence-corrected chi connectivity index (χ2v) is 6.38. The molecule has 0 aliphatic carbocycles. The van der Waals surface area contributed by atoms with Gasteiger partial charge in [0.25, 0.3) is 0 Å². The molecular formula is C18H24N4O. The van der Waals surface area contributed by atoms with E-state index in [9.17, 15) is 4.79 Å². The van der Waals surface area contributed by atoms with Crippen LogP contribution in [0.3, 0.4) is 0 Å². The number of Topliss-reactive ketones (excluding diaryl/α,β-unsaturated/α-hetero) is 1. The highest BCUT2D eigenvalue weighted by atomic mass is 16.1. The van der Waals surface area contributed by atoms with Crippen LogP contribution in [-0.4, -0.2) is 45.5 Å². The second kappa shape index (κ2) is 7.04. The lowest BCUT2D eigenvalue weighted by Gasteiger charge is -2.31. The SMILES string of the molecule is Cc1n[nH]c(C)c1CCN1CCCC(C(=O)c2ccccn2)C1. The van der Waals surface area contributed by atoms with E-state index in [0.29, 0.717) is 5.69 Å². The summed E-state index contributed by atoms with van der Waals surface area (Å²) in [6, 6.07) is 5.55. The van der Waals surface area contributed by atoms with Gasteiger partial charge in [-0.25, -0.2) is 0 Å². The summed E-state index contributed by atoms with van der Waals surface area (Å²) in [4.78, 5) is 19.2. The Bertz CT molecular complexity index is 645. The van der Waals surface area contributed by atoms with Crippen molar-refractivity contribution in [2.45, 2.75) is 33.1 Å². The predicted molar refractivity (Wildman–Crippen MR) is 89.5 cm³/mol. The molecule has 3 rings (SSSR count). The zero-order chi connectivity index (χ0) is 16.2. The number of hydrogen-bond donors (Lipinski definition) is 1. The van der Waals surface area contributed by atoms with Crippen LogP contribution >= 0.6 is 0 Å². The Hall–Kier alpha value is -2.01. The highest BCUT2D eigenvalue weighted by molar-refractivity contribution is 5.96. The van der Waals surface area contributed by atoms with Gasteiger partial charge in [-0.1, -0.05) is 6.07 Å². The summed E-state index contributed by atoms with van der Waals surface area (Å²) >= 11 is 0. The highest BCUT2D eigenvalue weighted by Crippen LogP contribution is 2.21. The molecule has 0 spiro atoms. The lowest BCUT2D eigenvalue weighted by molar-refractivity contribution is 0.0816. The van der Waals surface area contributed by atoms with Crippen molar-refractivity contribution in [2.75, 3.05) is 19.6 Å². The van der Waals surface area contributed by atoms with E-state index in [-0.39, 0.29) is 11.7 Å². The Morgan fingerprint density at radius 1 is 1.39 bits per heavy atom. The number of nitrogens with zero attached hydrogens (tertiary/aromatic N) is 3. The van der Waals surface area contributed by atoms with Crippen LogP contribution in [0.5, 0.6) is 0 Å². The molecule has 1 fully saturated rings. The zero-order valence-corrected chi connectivity index (χ0v) is 13.9. The first-order chi connectivity index (χ1) is 11.1. The quantitative estimate of drug-likeness (QED) is 0.862. The van der Waals surface area contributed by atoms with Gasteiger partial charge in [0.2, 0.25) is 0 Å². The molecule has 1 aliphatic rings. The van der Waals surface area contributed by atoms with E-state index in [0.717, 1.165) is 50.3 Å². The Balaban J connectivity index is 1.59. The van der Waals surface area contributed by atoms with Gasteiger partial charge in [0.15, 0.2) is 5.78 Å². The maximum absolute atomic E-state index is 12.6. The fourth-order valence-electron chi connectivity index (χ4n) is 3.40. The molecule has 5 nitrogen and oxygen atoms in total.